The Morgan fingerprint density at radius 2 is 2.00 bits per heavy atom. The lowest BCUT2D eigenvalue weighted by atomic mass is 10.1. The minimum Gasteiger partial charge on any atom is -0.444 e. The van der Waals surface area contributed by atoms with Crippen molar-refractivity contribution in [3.8, 4) is 0 Å². The Hall–Kier alpha value is -1.77. The van der Waals surface area contributed by atoms with Crippen LogP contribution in [0.5, 0.6) is 0 Å². The van der Waals surface area contributed by atoms with E-state index in [0.717, 1.165) is 6.42 Å². The molecule has 1 aliphatic rings. The summed E-state index contributed by atoms with van der Waals surface area (Å²) >= 11 is 0. The van der Waals surface area contributed by atoms with Gasteiger partial charge in [0.1, 0.15) is 5.60 Å². The van der Waals surface area contributed by atoms with Gasteiger partial charge in [0, 0.05) is 6.04 Å². The molecule has 0 spiro atoms. The summed E-state index contributed by atoms with van der Waals surface area (Å²) in [6.07, 6.45) is 7.16. The van der Waals surface area contributed by atoms with Gasteiger partial charge in [-0.1, -0.05) is 42.5 Å². The van der Waals surface area contributed by atoms with Crippen LogP contribution in [0.4, 0.5) is 4.79 Å². The molecule has 0 heterocycles. The molecule has 3 heteroatoms. The number of carbonyl (C=O) groups is 1. The van der Waals surface area contributed by atoms with Crippen LogP contribution in [0.25, 0.3) is 6.08 Å². The van der Waals surface area contributed by atoms with Crippen LogP contribution in [0, 0.1) is 5.92 Å². The van der Waals surface area contributed by atoms with Crippen LogP contribution in [0.1, 0.15) is 45.6 Å². The number of hydrogen-bond acceptors (Lipinski definition) is 2. The molecular weight excluding hydrogens is 262 g/mol. The Labute approximate surface area is 127 Å². The number of ether oxygens (including phenoxy) is 1. The molecule has 0 aliphatic heterocycles. The second kappa shape index (κ2) is 6.79. The highest BCUT2D eigenvalue weighted by Crippen LogP contribution is 2.34. The number of nitrogens with one attached hydrogen (secondary N) is 1. The van der Waals surface area contributed by atoms with Gasteiger partial charge < -0.3 is 10.1 Å². The van der Waals surface area contributed by atoms with Crippen molar-refractivity contribution in [1.29, 1.82) is 0 Å². The van der Waals surface area contributed by atoms with E-state index in [1.165, 1.54) is 18.4 Å². The molecule has 2 rings (SSSR count). The molecule has 0 saturated heterocycles. The average molecular weight is 287 g/mol. The first-order valence-corrected chi connectivity index (χ1v) is 7.65. The lowest BCUT2D eigenvalue weighted by Crippen LogP contribution is -2.40. The van der Waals surface area contributed by atoms with Crippen LogP contribution in [0.15, 0.2) is 36.4 Å². The molecule has 0 bridgehead atoms. The fraction of sp³-hybridized carbons (Fsp3) is 0.500. The molecule has 1 aromatic carbocycles. The second-order valence-corrected chi connectivity index (χ2v) is 6.64. The van der Waals surface area contributed by atoms with Crippen molar-refractivity contribution >= 4 is 12.2 Å². The number of carbonyl (C=O) groups excluding carboxylic acids is 1. The predicted molar refractivity (Wildman–Crippen MR) is 86.0 cm³/mol. The summed E-state index contributed by atoms with van der Waals surface area (Å²) in [4.78, 5) is 11.9. The molecule has 0 unspecified atom stereocenters. The highest BCUT2D eigenvalue weighted by atomic mass is 16.6. The van der Waals surface area contributed by atoms with E-state index in [1.807, 2.05) is 39.0 Å². The van der Waals surface area contributed by atoms with Crippen LogP contribution < -0.4 is 5.32 Å². The van der Waals surface area contributed by atoms with E-state index in [2.05, 4.69) is 29.6 Å². The lowest BCUT2D eigenvalue weighted by molar-refractivity contribution is 0.0498. The normalized spacial score (nSPS) is 16.7. The van der Waals surface area contributed by atoms with Crippen molar-refractivity contribution in [3.63, 3.8) is 0 Å². The van der Waals surface area contributed by atoms with Gasteiger partial charge in [0.15, 0.2) is 0 Å². The standard InChI is InChI=1S/C18H25NO2/c1-18(2,3)21-17(20)19-16(15-12-13-15)11-7-10-14-8-5-4-6-9-14/h4-10,15-16H,11-13H2,1-3H3,(H,19,20)/b10-7+/t16-/m0/s1. The predicted octanol–water partition coefficient (Wildman–Crippen LogP) is 4.39. The number of alkyl carbamates (subject to hydrolysis) is 1. The summed E-state index contributed by atoms with van der Waals surface area (Å²) < 4.78 is 5.34. The van der Waals surface area contributed by atoms with Crippen LogP contribution in [-0.4, -0.2) is 17.7 Å². The van der Waals surface area contributed by atoms with Crippen molar-refractivity contribution in [2.45, 2.75) is 51.7 Å². The molecule has 1 fully saturated rings. The Morgan fingerprint density at radius 3 is 2.57 bits per heavy atom. The third-order valence-corrected chi connectivity index (χ3v) is 3.39. The number of hydrogen-bond donors (Lipinski definition) is 1. The van der Waals surface area contributed by atoms with E-state index in [4.69, 9.17) is 4.74 Å². The topological polar surface area (TPSA) is 38.3 Å². The molecule has 1 amide bonds. The molecule has 1 aromatic rings. The van der Waals surface area contributed by atoms with Gasteiger partial charge in [-0.2, -0.15) is 0 Å². The van der Waals surface area contributed by atoms with Crippen molar-refractivity contribution < 1.29 is 9.53 Å². The Morgan fingerprint density at radius 1 is 1.33 bits per heavy atom. The van der Waals surface area contributed by atoms with Crippen molar-refractivity contribution in [2.75, 3.05) is 0 Å². The minimum absolute atomic E-state index is 0.180. The molecule has 1 saturated carbocycles. The molecule has 1 atom stereocenters. The molecule has 21 heavy (non-hydrogen) atoms. The maximum absolute atomic E-state index is 11.9. The van der Waals surface area contributed by atoms with E-state index in [9.17, 15) is 4.79 Å². The molecule has 1 N–H and O–H groups in total. The minimum atomic E-state index is -0.446. The van der Waals surface area contributed by atoms with Gasteiger partial charge >= 0.3 is 6.09 Å². The van der Waals surface area contributed by atoms with Gasteiger partial charge in [-0.25, -0.2) is 4.79 Å². The fourth-order valence-electron chi connectivity index (χ4n) is 2.24. The molecule has 1 aliphatic carbocycles. The smallest absolute Gasteiger partial charge is 0.407 e. The first-order chi connectivity index (χ1) is 9.94. The molecule has 114 valence electrons. The van der Waals surface area contributed by atoms with Gasteiger partial charge in [-0.3, -0.25) is 0 Å². The molecule has 0 aromatic heterocycles. The maximum atomic E-state index is 11.9. The second-order valence-electron chi connectivity index (χ2n) is 6.64. The lowest BCUT2D eigenvalue weighted by Gasteiger charge is -2.23. The van der Waals surface area contributed by atoms with Crippen LogP contribution in [-0.2, 0) is 4.74 Å². The summed E-state index contributed by atoms with van der Waals surface area (Å²) in [6.45, 7) is 5.65. The third kappa shape index (κ3) is 6.03. The molecule has 0 radical (unpaired) electrons. The first kappa shape index (κ1) is 15.6. The molecule has 3 nitrogen and oxygen atoms in total. The quantitative estimate of drug-likeness (QED) is 0.872. The zero-order valence-corrected chi connectivity index (χ0v) is 13.1. The van der Waals surface area contributed by atoms with Gasteiger partial charge in [0.2, 0.25) is 0 Å². The monoisotopic (exact) mass is 287 g/mol. The number of benzene rings is 1. The zero-order valence-electron chi connectivity index (χ0n) is 13.1. The van der Waals surface area contributed by atoms with Crippen LogP contribution >= 0.6 is 0 Å². The van der Waals surface area contributed by atoms with Crippen molar-refractivity contribution in [3.05, 3.63) is 42.0 Å². The SMILES string of the molecule is CC(C)(C)OC(=O)N[C@@H](C/C=C/c1ccccc1)C1CC1. The van der Waals surface area contributed by atoms with E-state index >= 15 is 0 Å². The van der Waals surface area contributed by atoms with E-state index < -0.39 is 5.60 Å². The van der Waals surface area contributed by atoms with Gasteiger partial charge in [-0.15, -0.1) is 0 Å². The Kier molecular flexibility index (Phi) is 5.05. The Balaban J connectivity index is 1.85. The summed E-state index contributed by atoms with van der Waals surface area (Å²) in [6, 6.07) is 10.4. The summed E-state index contributed by atoms with van der Waals surface area (Å²) in [7, 11) is 0. The van der Waals surface area contributed by atoms with E-state index in [1.54, 1.807) is 0 Å². The van der Waals surface area contributed by atoms with Crippen LogP contribution in [0.3, 0.4) is 0 Å². The zero-order chi connectivity index (χ0) is 15.3. The van der Waals surface area contributed by atoms with Crippen molar-refractivity contribution in [1.82, 2.24) is 5.32 Å². The highest BCUT2D eigenvalue weighted by Gasteiger charge is 2.32. The highest BCUT2D eigenvalue weighted by molar-refractivity contribution is 5.68. The van der Waals surface area contributed by atoms with Gasteiger partial charge in [0.25, 0.3) is 0 Å². The summed E-state index contributed by atoms with van der Waals surface area (Å²) in [5.41, 5.74) is 0.738. The van der Waals surface area contributed by atoms with E-state index in [-0.39, 0.29) is 12.1 Å². The summed E-state index contributed by atoms with van der Waals surface area (Å²) in [5, 5.41) is 3.01. The number of amides is 1. The van der Waals surface area contributed by atoms with Crippen molar-refractivity contribution in [2.24, 2.45) is 5.92 Å². The number of rotatable bonds is 5. The maximum Gasteiger partial charge on any atom is 0.407 e. The Bertz CT molecular complexity index is 484. The van der Waals surface area contributed by atoms with Gasteiger partial charge in [0.05, 0.1) is 0 Å². The largest absolute Gasteiger partial charge is 0.444 e. The van der Waals surface area contributed by atoms with Crippen LogP contribution in [0.2, 0.25) is 0 Å². The first-order valence-electron chi connectivity index (χ1n) is 7.65. The third-order valence-electron chi connectivity index (χ3n) is 3.39. The fourth-order valence-corrected chi connectivity index (χ4v) is 2.24. The molecular formula is C18H25NO2. The average Bonchev–Trinajstić information content (AvgIpc) is 3.21. The summed E-state index contributed by atoms with van der Waals surface area (Å²) in [5.74, 6) is 0.595. The van der Waals surface area contributed by atoms with E-state index in [0.29, 0.717) is 5.92 Å². The van der Waals surface area contributed by atoms with Gasteiger partial charge in [-0.05, 0) is 51.5 Å².